The molecular weight excluding hydrogens is 303 g/mol. The number of likely N-dealkylation sites (N-methyl/N-ethyl adjacent to an activating group) is 1. The Hall–Kier alpha value is -0.970. The molecule has 1 N–H and O–H groups in total. The maximum atomic E-state index is 13.2. The van der Waals surface area contributed by atoms with Crippen LogP contribution in [0, 0.1) is 11.7 Å². The summed E-state index contributed by atoms with van der Waals surface area (Å²) in [4.78, 5) is 4.89. The predicted molar refractivity (Wildman–Crippen MR) is 95.6 cm³/mol. The third-order valence-electron chi connectivity index (χ3n) is 5.92. The highest BCUT2D eigenvalue weighted by Crippen LogP contribution is 2.36. The molecule has 1 aliphatic heterocycles. The van der Waals surface area contributed by atoms with Crippen molar-refractivity contribution in [3.8, 4) is 0 Å². The maximum Gasteiger partial charge on any atom is 0.123 e. The molecule has 0 radical (unpaired) electrons. The molecule has 0 bridgehead atoms. The highest BCUT2D eigenvalue weighted by atomic mass is 19.1. The molecule has 0 spiro atoms. The molecule has 1 aromatic rings. The lowest BCUT2D eigenvalue weighted by Gasteiger charge is -2.40. The summed E-state index contributed by atoms with van der Waals surface area (Å²) in [5.41, 5.74) is 0.390. The van der Waals surface area contributed by atoms with Crippen molar-refractivity contribution < 1.29 is 9.50 Å². The summed E-state index contributed by atoms with van der Waals surface area (Å²) in [5.74, 6) is 0.106. The molecule has 2 atom stereocenters. The van der Waals surface area contributed by atoms with Gasteiger partial charge in [-0.1, -0.05) is 31.4 Å². The van der Waals surface area contributed by atoms with E-state index >= 15 is 0 Å². The summed E-state index contributed by atoms with van der Waals surface area (Å²) in [6, 6.07) is 6.66. The molecule has 1 saturated carbocycles. The van der Waals surface area contributed by atoms with Gasteiger partial charge in [0.25, 0.3) is 0 Å². The van der Waals surface area contributed by atoms with E-state index in [2.05, 4.69) is 16.8 Å². The molecule has 2 unspecified atom stereocenters. The number of aliphatic hydroxyl groups is 1. The van der Waals surface area contributed by atoms with E-state index in [1.807, 2.05) is 12.1 Å². The molecular formula is C20H31FN2O. The Kier molecular flexibility index (Phi) is 5.90. The minimum Gasteiger partial charge on any atom is -0.389 e. The molecule has 1 saturated heterocycles. The van der Waals surface area contributed by atoms with Crippen LogP contribution in [0.1, 0.15) is 37.7 Å². The SMILES string of the molecule is CN1CCN(CC2CCCCCC2(O)Cc2ccc(F)cc2)CC1. The summed E-state index contributed by atoms with van der Waals surface area (Å²) < 4.78 is 13.2. The van der Waals surface area contributed by atoms with Gasteiger partial charge in [-0.3, -0.25) is 0 Å². The second-order valence-corrected chi connectivity index (χ2v) is 7.81. The Bertz CT molecular complexity index is 513. The number of hydrogen-bond acceptors (Lipinski definition) is 3. The third-order valence-corrected chi connectivity index (χ3v) is 5.92. The van der Waals surface area contributed by atoms with E-state index in [-0.39, 0.29) is 5.82 Å². The average molecular weight is 334 g/mol. The smallest absolute Gasteiger partial charge is 0.123 e. The summed E-state index contributed by atoms with van der Waals surface area (Å²) in [5, 5.41) is 11.5. The van der Waals surface area contributed by atoms with Crippen molar-refractivity contribution in [1.29, 1.82) is 0 Å². The van der Waals surface area contributed by atoms with Crippen LogP contribution in [0.5, 0.6) is 0 Å². The van der Waals surface area contributed by atoms with Crippen LogP contribution in [0.15, 0.2) is 24.3 Å². The molecule has 1 aliphatic carbocycles. The Morgan fingerprint density at radius 1 is 1.08 bits per heavy atom. The highest BCUT2D eigenvalue weighted by Gasteiger charge is 2.38. The number of rotatable bonds is 4. The van der Waals surface area contributed by atoms with E-state index < -0.39 is 5.60 Å². The molecule has 2 aliphatic rings. The van der Waals surface area contributed by atoms with Crippen LogP contribution in [-0.4, -0.2) is 60.3 Å². The number of halogens is 1. The molecule has 2 fully saturated rings. The van der Waals surface area contributed by atoms with Crippen LogP contribution in [0.2, 0.25) is 0 Å². The van der Waals surface area contributed by atoms with Gasteiger partial charge in [0.1, 0.15) is 5.82 Å². The maximum absolute atomic E-state index is 13.2. The van der Waals surface area contributed by atoms with Crippen LogP contribution >= 0.6 is 0 Å². The van der Waals surface area contributed by atoms with E-state index in [9.17, 15) is 9.50 Å². The van der Waals surface area contributed by atoms with E-state index in [1.54, 1.807) is 0 Å². The molecule has 1 aromatic carbocycles. The average Bonchev–Trinajstić information content (AvgIpc) is 2.74. The topological polar surface area (TPSA) is 26.7 Å². The lowest BCUT2D eigenvalue weighted by Crippen LogP contribution is -2.50. The first kappa shape index (κ1) is 17.8. The van der Waals surface area contributed by atoms with Crippen LogP contribution in [0.4, 0.5) is 4.39 Å². The van der Waals surface area contributed by atoms with Crippen molar-refractivity contribution in [3.63, 3.8) is 0 Å². The van der Waals surface area contributed by atoms with Gasteiger partial charge in [-0.25, -0.2) is 4.39 Å². The second-order valence-electron chi connectivity index (χ2n) is 7.81. The quantitative estimate of drug-likeness (QED) is 0.858. The molecule has 24 heavy (non-hydrogen) atoms. The minimum absolute atomic E-state index is 0.208. The van der Waals surface area contributed by atoms with Crippen LogP contribution in [0.3, 0.4) is 0 Å². The zero-order chi connectivity index (χ0) is 17.0. The van der Waals surface area contributed by atoms with Crippen LogP contribution < -0.4 is 0 Å². The Morgan fingerprint density at radius 2 is 1.79 bits per heavy atom. The van der Waals surface area contributed by atoms with E-state index in [4.69, 9.17) is 0 Å². The van der Waals surface area contributed by atoms with Crippen molar-refractivity contribution in [2.45, 2.75) is 44.1 Å². The molecule has 4 heteroatoms. The lowest BCUT2D eigenvalue weighted by molar-refractivity contribution is -0.0405. The van der Waals surface area contributed by atoms with Gasteiger partial charge < -0.3 is 14.9 Å². The molecule has 3 nitrogen and oxygen atoms in total. The van der Waals surface area contributed by atoms with Crippen molar-refractivity contribution in [2.75, 3.05) is 39.8 Å². The first-order valence-corrected chi connectivity index (χ1v) is 9.43. The molecule has 0 amide bonds. The van der Waals surface area contributed by atoms with Gasteiger partial charge in [0.05, 0.1) is 5.60 Å². The standard InChI is InChI=1S/C20H31FN2O/c1-22-11-13-23(14-12-22)16-18-5-3-2-4-10-20(18,24)15-17-6-8-19(21)9-7-17/h6-9,18,24H,2-5,10-16H2,1H3. The van der Waals surface area contributed by atoms with E-state index in [0.29, 0.717) is 12.3 Å². The van der Waals surface area contributed by atoms with Crippen molar-refractivity contribution in [3.05, 3.63) is 35.6 Å². The molecule has 0 aromatic heterocycles. The fourth-order valence-electron chi connectivity index (χ4n) is 4.26. The van der Waals surface area contributed by atoms with Gasteiger partial charge in [0, 0.05) is 45.1 Å². The highest BCUT2D eigenvalue weighted by molar-refractivity contribution is 5.19. The summed E-state index contributed by atoms with van der Waals surface area (Å²) >= 11 is 0. The lowest BCUT2D eigenvalue weighted by atomic mass is 9.78. The second kappa shape index (κ2) is 7.94. The number of benzene rings is 1. The first-order chi connectivity index (χ1) is 11.5. The fraction of sp³-hybridized carbons (Fsp3) is 0.700. The predicted octanol–water partition coefficient (Wildman–Crippen LogP) is 2.93. The monoisotopic (exact) mass is 334 g/mol. The zero-order valence-electron chi connectivity index (χ0n) is 14.9. The third kappa shape index (κ3) is 4.56. The van der Waals surface area contributed by atoms with Crippen molar-refractivity contribution >= 4 is 0 Å². The molecule has 134 valence electrons. The number of nitrogens with zero attached hydrogens (tertiary/aromatic N) is 2. The Labute approximate surface area is 145 Å². The minimum atomic E-state index is -0.655. The van der Waals surface area contributed by atoms with Gasteiger partial charge in [0.2, 0.25) is 0 Å². The number of hydrogen-bond donors (Lipinski definition) is 1. The van der Waals surface area contributed by atoms with Gasteiger partial charge in [-0.05, 0) is 37.6 Å². The van der Waals surface area contributed by atoms with E-state index in [0.717, 1.165) is 57.5 Å². The van der Waals surface area contributed by atoms with Gasteiger partial charge in [0.15, 0.2) is 0 Å². The summed E-state index contributed by atoms with van der Waals surface area (Å²) in [6.07, 6.45) is 6.13. The summed E-state index contributed by atoms with van der Waals surface area (Å²) in [6.45, 7) is 5.41. The van der Waals surface area contributed by atoms with Gasteiger partial charge in [-0.2, -0.15) is 0 Å². The summed E-state index contributed by atoms with van der Waals surface area (Å²) in [7, 11) is 2.17. The zero-order valence-corrected chi connectivity index (χ0v) is 14.9. The first-order valence-electron chi connectivity index (χ1n) is 9.43. The molecule has 1 heterocycles. The Balaban J connectivity index is 1.69. The van der Waals surface area contributed by atoms with Crippen LogP contribution in [0.25, 0.3) is 0 Å². The fourth-order valence-corrected chi connectivity index (χ4v) is 4.26. The normalized spacial score (nSPS) is 30.2. The number of piperazine rings is 1. The van der Waals surface area contributed by atoms with Crippen molar-refractivity contribution in [2.24, 2.45) is 5.92 Å². The largest absolute Gasteiger partial charge is 0.389 e. The molecule has 3 rings (SSSR count). The Morgan fingerprint density at radius 3 is 2.50 bits per heavy atom. The van der Waals surface area contributed by atoms with E-state index in [1.165, 1.54) is 25.0 Å². The van der Waals surface area contributed by atoms with Crippen molar-refractivity contribution in [1.82, 2.24) is 9.80 Å². The van der Waals surface area contributed by atoms with Crippen LogP contribution in [-0.2, 0) is 6.42 Å². The van der Waals surface area contributed by atoms with Gasteiger partial charge in [-0.15, -0.1) is 0 Å². The van der Waals surface area contributed by atoms with Gasteiger partial charge >= 0.3 is 0 Å².